The molecule has 1 rings (SSSR count). The van der Waals surface area contributed by atoms with E-state index < -0.39 is 0 Å². The molecular formula is C15H22N2OS2. The molecule has 1 amide bonds. The molecule has 0 aliphatic rings. The van der Waals surface area contributed by atoms with Crippen molar-refractivity contribution in [2.24, 2.45) is 0 Å². The fraction of sp³-hybridized carbons (Fsp3) is 0.467. The first-order valence-electron chi connectivity index (χ1n) is 6.91. The number of rotatable bonds is 6. The molecule has 0 saturated carbocycles. The maximum absolute atomic E-state index is 11.9. The molecule has 0 aromatic heterocycles. The second-order valence-corrected chi connectivity index (χ2v) is 5.93. The molecule has 0 radical (unpaired) electrons. The van der Waals surface area contributed by atoms with E-state index in [1.54, 1.807) is 0 Å². The summed E-state index contributed by atoms with van der Waals surface area (Å²) in [4.78, 5) is 13.9. The Morgan fingerprint density at radius 2 is 1.80 bits per heavy atom. The van der Waals surface area contributed by atoms with Crippen LogP contribution in [-0.4, -0.2) is 34.0 Å². The lowest BCUT2D eigenvalue weighted by molar-refractivity contribution is -0.113. The highest BCUT2D eigenvalue weighted by Gasteiger charge is 2.09. The van der Waals surface area contributed by atoms with Crippen molar-refractivity contribution in [1.82, 2.24) is 4.90 Å². The molecule has 1 aromatic carbocycles. The van der Waals surface area contributed by atoms with Gasteiger partial charge in [-0.05, 0) is 38.0 Å². The quantitative estimate of drug-likeness (QED) is 0.815. The van der Waals surface area contributed by atoms with Crippen LogP contribution in [0.3, 0.4) is 0 Å². The minimum Gasteiger partial charge on any atom is -0.358 e. The van der Waals surface area contributed by atoms with E-state index in [1.165, 1.54) is 17.3 Å². The molecule has 0 heterocycles. The molecule has 0 fully saturated rings. The van der Waals surface area contributed by atoms with E-state index in [-0.39, 0.29) is 5.91 Å². The third kappa shape index (κ3) is 5.51. The fourth-order valence-corrected chi connectivity index (χ4v) is 2.92. The molecule has 0 aliphatic carbocycles. The second-order valence-electron chi connectivity index (χ2n) is 4.33. The van der Waals surface area contributed by atoms with Gasteiger partial charge >= 0.3 is 0 Å². The zero-order valence-corrected chi connectivity index (χ0v) is 13.9. The van der Waals surface area contributed by atoms with E-state index in [0.717, 1.165) is 29.5 Å². The topological polar surface area (TPSA) is 32.3 Å². The van der Waals surface area contributed by atoms with E-state index in [4.69, 9.17) is 12.2 Å². The maximum atomic E-state index is 11.9. The largest absolute Gasteiger partial charge is 0.358 e. The van der Waals surface area contributed by atoms with Gasteiger partial charge in [0.15, 0.2) is 0 Å². The SMILES string of the molecule is CCc1ccc(NC(=O)CSC(=S)N(CC)CC)cc1. The first-order chi connectivity index (χ1) is 9.60. The van der Waals surface area contributed by atoms with Crippen LogP contribution in [0.1, 0.15) is 26.3 Å². The average molecular weight is 310 g/mol. The van der Waals surface area contributed by atoms with Crippen LogP contribution in [0.4, 0.5) is 5.69 Å². The number of carbonyl (C=O) groups is 1. The number of thiocarbonyl (C=S) groups is 1. The maximum Gasteiger partial charge on any atom is 0.234 e. The molecule has 0 atom stereocenters. The van der Waals surface area contributed by atoms with Crippen molar-refractivity contribution < 1.29 is 4.79 Å². The first-order valence-corrected chi connectivity index (χ1v) is 8.30. The lowest BCUT2D eigenvalue weighted by Gasteiger charge is -2.20. The Hall–Kier alpha value is -1.07. The van der Waals surface area contributed by atoms with Gasteiger partial charge in [0.25, 0.3) is 0 Å². The fourth-order valence-electron chi connectivity index (χ4n) is 1.72. The van der Waals surface area contributed by atoms with Crippen LogP contribution in [0.15, 0.2) is 24.3 Å². The van der Waals surface area contributed by atoms with Gasteiger partial charge in [0.05, 0.1) is 5.75 Å². The summed E-state index contributed by atoms with van der Waals surface area (Å²) in [6.07, 6.45) is 1.00. The summed E-state index contributed by atoms with van der Waals surface area (Å²) in [5.41, 5.74) is 2.10. The monoisotopic (exact) mass is 310 g/mol. The minimum atomic E-state index is -0.0197. The van der Waals surface area contributed by atoms with Crippen molar-refractivity contribution in [2.45, 2.75) is 27.2 Å². The van der Waals surface area contributed by atoms with Gasteiger partial charge in [0.2, 0.25) is 5.91 Å². The van der Waals surface area contributed by atoms with Crippen LogP contribution in [0.25, 0.3) is 0 Å². The number of hydrogen-bond donors (Lipinski definition) is 1. The molecule has 0 saturated heterocycles. The molecule has 1 N–H and O–H groups in total. The number of thioether (sulfide) groups is 1. The molecule has 0 bridgehead atoms. The summed E-state index contributed by atoms with van der Waals surface area (Å²) in [5.74, 6) is 0.332. The van der Waals surface area contributed by atoms with Crippen LogP contribution in [0.2, 0.25) is 0 Å². The number of anilines is 1. The standard InChI is InChI=1S/C15H22N2OS2/c1-4-12-7-9-13(10-8-12)16-14(18)11-20-15(19)17(5-2)6-3/h7-10H,4-6,11H2,1-3H3,(H,16,18). The van der Waals surface area contributed by atoms with Crippen LogP contribution in [-0.2, 0) is 11.2 Å². The summed E-state index contributed by atoms with van der Waals surface area (Å²) in [6, 6.07) is 7.93. The molecule has 3 nitrogen and oxygen atoms in total. The number of hydrogen-bond acceptors (Lipinski definition) is 3. The van der Waals surface area contributed by atoms with Gasteiger partial charge in [0, 0.05) is 18.8 Å². The molecule has 20 heavy (non-hydrogen) atoms. The average Bonchev–Trinajstić information content (AvgIpc) is 2.47. The smallest absolute Gasteiger partial charge is 0.234 e. The normalized spacial score (nSPS) is 10.2. The van der Waals surface area contributed by atoms with Crippen molar-refractivity contribution in [2.75, 3.05) is 24.2 Å². The van der Waals surface area contributed by atoms with E-state index in [9.17, 15) is 4.79 Å². The van der Waals surface area contributed by atoms with Crippen LogP contribution >= 0.6 is 24.0 Å². The van der Waals surface area contributed by atoms with Gasteiger partial charge in [-0.25, -0.2) is 0 Å². The summed E-state index contributed by atoms with van der Waals surface area (Å²) in [5, 5.41) is 2.89. The summed E-state index contributed by atoms with van der Waals surface area (Å²) >= 11 is 6.71. The number of carbonyl (C=O) groups excluding carboxylic acids is 1. The molecule has 110 valence electrons. The van der Waals surface area contributed by atoms with E-state index in [2.05, 4.69) is 31.0 Å². The van der Waals surface area contributed by atoms with E-state index in [0.29, 0.717) is 5.75 Å². The van der Waals surface area contributed by atoms with Crippen LogP contribution in [0, 0.1) is 0 Å². The zero-order valence-electron chi connectivity index (χ0n) is 12.3. The van der Waals surface area contributed by atoms with Crippen molar-refractivity contribution in [3.63, 3.8) is 0 Å². The highest BCUT2D eigenvalue weighted by molar-refractivity contribution is 8.23. The molecule has 1 aromatic rings. The Labute approximate surface area is 131 Å². The van der Waals surface area contributed by atoms with Crippen molar-refractivity contribution in [3.8, 4) is 0 Å². The van der Waals surface area contributed by atoms with Gasteiger partial charge < -0.3 is 10.2 Å². The van der Waals surface area contributed by atoms with Crippen molar-refractivity contribution >= 4 is 39.9 Å². The van der Waals surface area contributed by atoms with Gasteiger partial charge in [-0.2, -0.15) is 0 Å². The summed E-state index contributed by atoms with van der Waals surface area (Å²) in [6.45, 7) is 7.99. The lowest BCUT2D eigenvalue weighted by Crippen LogP contribution is -2.28. The number of benzene rings is 1. The summed E-state index contributed by atoms with van der Waals surface area (Å²) in [7, 11) is 0. The minimum absolute atomic E-state index is 0.0197. The summed E-state index contributed by atoms with van der Waals surface area (Å²) < 4.78 is 0.784. The zero-order chi connectivity index (χ0) is 15.0. The van der Waals surface area contributed by atoms with Gasteiger partial charge in [-0.15, -0.1) is 0 Å². The number of nitrogens with one attached hydrogen (secondary N) is 1. The Bertz CT molecular complexity index is 442. The van der Waals surface area contributed by atoms with E-state index >= 15 is 0 Å². The lowest BCUT2D eigenvalue weighted by atomic mass is 10.1. The Balaban J connectivity index is 2.41. The van der Waals surface area contributed by atoms with E-state index in [1.807, 2.05) is 24.3 Å². The predicted octanol–water partition coefficient (Wildman–Crippen LogP) is 3.55. The van der Waals surface area contributed by atoms with Gasteiger partial charge in [-0.3, -0.25) is 4.79 Å². The first kappa shape index (κ1) is 17.0. The molecule has 0 aliphatic heterocycles. The Morgan fingerprint density at radius 3 is 2.30 bits per heavy atom. The van der Waals surface area contributed by atoms with Gasteiger partial charge in [-0.1, -0.05) is 43.0 Å². The van der Waals surface area contributed by atoms with Gasteiger partial charge in [0.1, 0.15) is 4.32 Å². The molecular weight excluding hydrogens is 288 g/mol. The van der Waals surface area contributed by atoms with Crippen molar-refractivity contribution in [1.29, 1.82) is 0 Å². The highest BCUT2D eigenvalue weighted by Crippen LogP contribution is 2.13. The Kier molecular flexibility index (Phi) is 7.62. The molecule has 0 unspecified atom stereocenters. The third-order valence-electron chi connectivity index (χ3n) is 2.99. The third-order valence-corrected chi connectivity index (χ3v) is 4.52. The highest BCUT2D eigenvalue weighted by atomic mass is 32.2. The number of nitrogens with zero attached hydrogens (tertiary/aromatic N) is 1. The molecule has 0 spiro atoms. The predicted molar refractivity (Wildman–Crippen MR) is 92.4 cm³/mol. The van der Waals surface area contributed by atoms with Crippen LogP contribution < -0.4 is 5.32 Å². The number of amides is 1. The van der Waals surface area contributed by atoms with Crippen molar-refractivity contribution in [3.05, 3.63) is 29.8 Å². The molecule has 5 heteroatoms. The van der Waals surface area contributed by atoms with Crippen LogP contribution in [0.5, 0.6) is 0 Å². The second kappa shape index (κ2) is 8.97. The number of aryl methyl sites for hydroxylation is 1. The Morgan fingerprint density at radius 1 is 1.20 bits per heavy atom.